The van der Waals surface area contributed by atoms with Crippen LogP contribution in [-0.2, 0) is 0 Å². The minimum Gasteiger partial charge on any atom is -0.345 e. The summed E-state index contributed by atoms with van der Waals surface area (Å²) >= 11 is 9.45. The molecule has 0 bridgehead atoms. The number of nitrogens with zero attached hydrogens (tertiary/aromatic N) is 1. The number of benzene rings is 1. The third-order valence-corrected chi connectivity index (χ3v) is 5.25. The van der Waals surface area contributed by atoms with E-state index in [-0.39, 0.29) is 21.8 Å². The van der Waals surface area contributed by atoms with Crippen LogP contribution >= 0.6 is 27.5 Å². The molecule has 21 heavy (non-hydrogen) atoms. The Labute approximate surface area is 136 Å². The maximum atomic E-state index is 12.5. The monoisotopic (exact) mass is 374 g/mol. The summed E-state index contributed by atoms with van der Waals surface area (Å²) in [5.41, 5.74) is -0.668. The van der Waals surface area contributed by atoms with Gasteiger partial charge in [-0.15, -0.1) is 0 Å². The number of nitrogens with one attached hydrogen (secondary N) is 1. The predicted molar refractivity (Wildman–Crippen MR) is 85.2 cm³/mol. The van der Waals surface area contributed by atoms with Gasteiger partial charge in [0.2, 0.25) is 0 Å². The van der Waals surface area contributed by atoms with Crippen molar-refractivity contribution in [3.63, 3.8) is 0 Å². The molecule has 0 saturated heterocycles. The Morgan fingerprint density at radius 3 is 2.62 bits per heavy atom. The van der Waals surface area contributed by atoms with Crippen LogP contribution in [0.1, 0.15) is 42.5 Å². The molecule has 5 nitrogen and oxygen atoms in total. The van der Waals surface area contributed by atoms with E-state index in [1.165, 1.54) is 18.2 Å². The van der Waals surface area contributed by atoms with Gasteiger partial charge in [-0.25, -0.2) is 0 Å². The van der Waals surface area contributed by atoms with Gasteiger partial charge in [-0.1, -0.05) is 52.9 Å². The summed E-state index contributed by atoms with van der Waals surface area (Å²) in [7, 11) is 0. The van der Waals surface area contributed by atoms with Gasteiger partial charge in [0.05, 0.1) is 15.5 Å². The van der Waals surface area contributed by atoms with E-state index in [1.807, 2.05) is 0 Å². The Kier molecular flexibility index (Phi) is 5.22. The number of nitro groups is 1. The second-order valence-electron chi connectivity index (χ2n) is 5.32. The van der Waals surface area contributed by atoms with Crippen molar-refractivity contribution in [2.24, 2.45) is 0 Å². The Balaban J connectivity index is 2.30. The number of hydrogen-bond donors (Lipinski definition) is 1. The molecule has 1 N–H and O–H groups in total. The van der Waals surface area contributed by atoms with E-state index >= 15 is 0 Å². The Hall–Kier alpha value is -1.14. The molecule has 7 heteroatoms. The van der Waals surface area contributed by atoms with E-state index in [0.29, 0.717) is 5.33 Å². The summed E-state index contributed by atoms with van der Waals surface area (Å²) in [6, 6.07) is 4.26. The molecule has 0 heterocycles. The molecular formula is C14H16BrClN2O3. The first-order valence-electron chi connectivity index (χ1n) is 6.80. The number of nitro benzene ring substituents is 1. The lowest BCUT2D eigenvalue weighted by molar-refractivity contribution is -0.385. The molecule has 0 radical (unpaired) electrons. The fraction of sp³-hybridized carbons (Fsp3) is 0.500. The second kappa shape index (κ2) is 6.75. The zero-order valence-corrected chi connectivity index (χ0v) is 13.7. The Bertz CT molecular complexity index is 559. The van der Waals surface area contributed by atoms with Gasteiger partial charge in [0, 0.05) is 11.4 Å². The van der Waals surface area contributed by atoms with Crippen LogP contribution in [0.15, 0.2) is 18.2 Å². The highest BCUT2D eigenvalue weighted by Gasteiger charge is 2.35. The third-order valence-electron chi connectivity index (χ3n) is 3.86. The van der Waals surface area contributed by atoms with E-state index in [1.54, 1.807) is 0 Å². The van der Waals surface area contributed by atoms with Gasteiger partial charge < -0.3 is 5.32 Å². The molecule has 114 valence electrons. The molecule has 0 atom stereocenters. The van der Waals surface area contributed by atoms with Crippen LogP contribution in [-0.4, -0.2) is 21.7 Å². The second-order valence-corrected chi connectivity index (χ2v) is 6.29. The molecular weight excluding hydrogens is 360 g/mol. The van der Waals surface area contributed by atoms with Crippen LogP contribution in [0.4, 0.5) is 5.69 Å². The molecule has 1 aromatic rings. The minimum atomic E-state index is -0.581. The van der Waals surface area contributed by atoms with Gasteiger partial charge in [0.1, 0.15) is 5.56 Å². The molecule has 1 aliphatic rings. The molecule has 1 aromatic carbocycles. The maximum Gasteiger partial charge on any atom is 0.283 e. The zero-order chi connectivity index (χ0) is 15.5. The van der Waals surface area contributed by atoms with Crippen molar-refractivity contribution in [1.29, 1.82) is 0 Å². The Morgan fingerprint density at radius 1 is 1.38 bits per heavy atom. The minimum absolute atomic E-state index is 0.0601. The predicted octanol–water partition coefficient (Wildman–Crippen LogP) is 4.08. The summed E-state index contributed by atoms with van der Waals surface area (Å²) in [6.07, 6.45) is 4.95. The van der Waals surface area contributed by atoms with Gasteiger partial charge in [-0.3, -0.25) is 14.9 Å². The highest BCUT2D eigenvalue weighted by atomic mass is 79.9. The molecule has 1 aliphatic carbocycles. The number of amides is 1. The summed E-state index contributed by atoms with van der Waals surface area (Å²) in [5, 5.41) is 14.8. The van der Waals surface area contributed by atoms with Gasteiger partial charge in [-0.05, 0) is 18.9 Å². The van der Waals surface area contributed by atoms with Crippen molar-refractivity contribution in [3.8, 4) is 0 Å². The molecule has 1 saturated carbocycles. The van der Waals surface area contributed by atoms with Crippen LogP contribution in [0.5, 0.6) is 0 Å². The highest BCUT2D eigenvalue weighted by Crippen LogP contribution is 2.32. The lowest BCUT2D eigenvalue weighted by Gasteiger charge is -2.36. The standard InChI is InChI=1S/C14H16BrClN2O3/c15-9-14(7-2-1-3-8-14)17-13(19)12-10(16)5-4-6-11(12)18(20)21/h4-6H,1-3,7-9H2,(H,17,19). The van der Waals surface area contributed by atoms with Crippen molar-refractivity contribution < 1.29 is 9.72 Å². The number of hydrogen-bond acceptors (Lipinski definition) is 3. The van der Waals surface area contributed by atoms with Crippen molar-refractivity contribution >= 4 is 39.1 Å². The van der Waals surface area contributed by atoms with Crippen LogP contribution in [0.3, 0.4) is 0 Å². The number of alkyl halides is 1. The normalized spacial score (nSPS) is 17.2. The molecule has 2 rings (SSSR count). The third kappa shape index (κ3) is 3.55. The van der Waals surface area contributed by atoms with Crippen molar-refractivity contribution in [2.75, 3.05) is 5.33 Å². The SMILES string of the molecule is O=C(NC1(CBr)CCCCC1)c1c(Cl)cccc1[N+](=O)[O-]. The number of rotatable bonds is 4. The average Bonchev–Trinajstić information content (AvgIpc) is 2.47. The van der Waals surface area contributed by atoms with Crippen molar-refractivity contribution in [3.05, 3.63) is 38.9 Å². The van der Waals surface area contributed by atoms with Gasteiger partial charge >= 0.3 is 0 Å². The number of carbonyl (C=O) groups excluding carboxylic acids is 1. The van der Waals surface area contributed by atoms with Crippen LogP contribution in [0, 0.1) is 10.1 Å². The largest absolute Gasteiger partial charge is 0.345 e. The van der Waals surface area contributed by atoms with Gasteiger partial charge in [-0.2, -0.15) is 0 Å². The van der Waals surface area contributed by atoms with Crippen LogP contribution in [0.25, 0.3) is 0 Å². The first-order chi connectivity index (χ1) is 9.99. The van der Waals surface area contributed by atoms with E-state index in [9.17, 15) is 14.9 Å². The van der Waals surface area contributed by atoms with E-state index < -0.39 is 10.8 Å². The van der Waals surface area contributed by atoms with Crippen molar-refractivity contribution in [1.82, 2.24) is 5.32 Å². The fourth-order valence-electron chi connectivity index (χ4n) is 2.71. The van der Waals surface area contributed by atoms with Gasteiger partial charge in [0.15, 0.2) is 0 Å². The van der Waals surface area contributed by atoms with Crippen LogP contribution in [0.2, 0.25) is 5.02 Å². The first-order valence-corrected chi connectivity index (χ1v) is 8.30. The molecule has 1 amide bonds. The number of halogens is 2. The van der Waals surface area contributed by atoms with E-state index in [0.717, 1.165) is 32.1 Å². The first kappa shape index (κ1) is 16.2. The Morgan fingerprint density at radius 2 is 2.05 bits per heavy atom. The topological polar surface area (TPSA) is 72.2 Å². The molecule has 0 spiro atoms. The summed E-state index contributed by atoms with van der Waals surface area (Å²) < 4.78 is 0. The lowest BCUT2D eigenvalue weighted by atomic mass is 9.83. The smallest absolute Gasteiger partial charge is 0.283 e. The average molecular weight is 376 g/mol. The zero-order valence-electron chi connectivity index (χ0n) is 11.4. The fourth-order valence-corrected chi connectivity index (χ4v) is 3.67. The lowest BCUT2D eigenvalue weighted by Crippen LogP contribution is -2.51. The van der Waals surface area contributed by atoms with Gasteiger partial charge in [0.25, 0.3) is 11.6 Å². The maximum absolute atomic E-state index is 12.5. The molecule has 0 unspecified atom stereocenters. The highest BCUT2D eigenvalue weighted by molar-refractivity contribution is 9.09. The van der Waals surface area contributed by atoms with Crippen molar-refractivity contribution in [2.45, 2.75) is 37.6 Å². The molecule has 1 fully saturated rings. The summed E-state index contributed by atoms with van der Waals surface area (Å²) in [5.74, 6) is -0.478. The molecule has 0 aromatic heterocycles. The van der Waals surface area contributed by atoms with E-state index in [2.05, 4.69) is 21.2 Å². The quantitative estimate of drug-likeness (QED) is 0.490. The number of carbonyl (C=O) groups is 1. The van der Waals surface area contributed by atoms with Crippen LogP contribution < -0.4 is 5.32 Å². The molecule has 0 aliphatic heterocycles. The summed E-state index contributed by atoms with van der Waals surface area (Å²) in [4.78, 5) is 23.0. The summed E-state index contributed by atoms with van der Waals surface area (Å²) in [6.45, 7) is 0. The van der Waals surface area contributed by atoms with E-state index in [4.69, 9.17) is 11.6 Å².